The summed E-state index contributed by atoms with van der Waals surface area (Å²) >= 11 is 1.32. The van der Waals surface area contributed by atoms with Gasteiger partial charge in [-0.1, -0.05) is 73.2 Å². The van der Waals surface area contributed by atoms with Crippen molar-refractivity contribution in [2.75, 3.05) is 6.61 Å². The van der Waals surface area contributed by atoms with Crippen LogP contribution in [0.15, 0.2) is 95.9 Å². The second-order valence-electron chi connectivity index (χ2n) is 8.85. The van der Waals surface area contributed by atoms with Crippen LogP contribution in [-0.2, 0) is 0 Å². The Morgan fingerprint density at radius 3 is 2.34 bits per heavy atom. The highest BCUT2D eigenvalue weighted by Crippen LogP contribution is 2.25. The Morgan fingerprint density at radius 1 is 0.895 bits per heavy atom. The predicted molar refractivity (Wildman–Crippen MR) is 151 cm³/mol. The minimum Gasteiger partial charge on any atom is -0.494 e. The van der Waals surface area contributed by atoms with Crippen molar-refractivity contribution in [1.82, 2.24) is 24.4 Å². The van der Waals surface area contributed by atoms with Gasteiger partial charge in [-0.3, -0.25) is 4.79 Å². The second-order valence-corrected chi connectivity index (χ2v) is 9.86. The molecule has 0 fully saturated rings. The van der Waals surface area contributed by atoms with Crippen LogP contribution in [0.3, 0.4) is 0 Å². The van der Waals surface area contributed by atoms with Gasteiger partial charge in [-0.2, -0.15) is 14.6 Å². The average molecular weight is 520 g/mol. The quantitative estimate of drug-likeness (QED) is 0.252. The summed E-state index contributed by atoms with van der Waals surface area (Å²) in [5.41, 5.74) is 4.21. The highest BCUT2D eigenvalue weighted by Gasteiger charge is 2.15. The van der Waals surface area contributed by atoms with E-state index < -0.39 is 0 Å². The van der Waals surface area contributed by atoms with Crippen molar-refractivity contribution in [3.63, 3.8) is 0 Å². The van der Waals surface area contributed by atoms with Crippen LogP contribution in [0, 0.1) is 0 Å². The molecule has 0 atom stereocenters. The maximum Gasteiger partial charge on any atom is 0.291 e. The number of fused-ring (bicyclic) bond motifs is 1. The Labute approximate surface area is 223 Å². The zero-order valence-electron chi connectivity index (χ0n) is 20.8. The predicted octanol–water partition coefficient (Wildman–Crippen LogP) is 5.40. The molecule has 0 aliphatic carbocycles. The van der Waals surface area contributed by atoms with Crippen LogP contribution < -0.4 is 14.8 Å². The fraction of sp³-hybridized carbons (Fsp3) is 0.133. The summed E-state index contributed by atoms with van der Waals surface area (Å²) in [6.45, 7) is 2.83. The van der Waals surface area contributed by atoms with Crippen LogP contribution in [0.5, 0.6) is 5.75 Å². The van der Waals surface area contributed by atoms with E-state index in [4.69, 9.17) is 9.84 Å². The Kier molecular flexibility index (Phi) is 6.54. The van der Waals surface area contributed by atoms with Crippen molar-refractivity contribution in [2.24, 2.45) is 0 Å². The molecule has 188 valence electrons. The van der Waals surface area contributed by atoms with Gasteiger partial charge in [0.05, 0.1) is 22.5 Å². The van der Waals surface area contributed by atoms with E-state index in [0.717, 1.165) is 46.7 Å². The lowest BCUT2D eigenvalue weighted by Crippen LogP contribution is -2.23. The summed E-state index contributed by atoms with van der Waals surface area (Å²) in [5.74, 6) is 1.33. The highest BCUT2D eigenvalue weighted by molar-refractivity contribution is 7.15. The number of aromatic nitrogens is 5. The molecule has 0 saturated carbocycles. The number of hydrogen-bond donors (Lipinski definition) is 0. The van der Waals surface area contributed by atoms with Gasteiger partial charge in [-0.25, -0.2) is 4.68 Å². The molecule has 0 aliphatic rings. The molecule has 0 saturated heterocycles. The summed E-state index contributed by atoms with van der Waals surface area (Å²) < 4.78 is 9.50. The molecule has 0 spiro atoms. The van der Waals surface area contributed by atoms with Crippen LogP contribution in [0.1, 0.15) is 25.3 Å². The standard InChI is InChI=1S/C30H25N5O2S/c1-2-3-18-37-25-16-14-22(15-17-25)28-31-30-35(33-28)29(36)26(38-30)19-23-20-34(24-12-8-5-9-13-24)32-27(23)21-10-6-4-7-11-21/h4-17,19-20H,2-3,18H2,1H3. The largest absolute Gasteiger partial charge is 0.494 e. The maximum absolute atomic E-state index is 13.3. The minimum absolute atomic E-state index is 0.199. The minimum atomic E-state index is -0.199. The van der Waals surface area contributed by atoms with E-state index in [-0.39, 0.29) is 5.56 Å². The normalized spacial score (nSPS) is 11.9. The topological polar surface area (TPSA) is 74.3 Å². The Morgan fingerprint density at radius 2 is 1.63 bits per heavy atom. The molecule has 0 amide bonds. The monoisotopic (exact) mass is 519 g/mol. The van der Waals surface area contributed by atoms with Gasteiger partial charge in [-0.15, -0.1) is 5.10 Å². The molecule has 3 heterocycles. The van der Waals surface area contributed by atoms with Gasteiger partial charge < -0.3 is 4.74 Å². The van der Waals surface area contributed by atoms with Gasteiger partial charge in [0.25, 0.3) is 5.56 Å². The third kappa shape index (κ3) is 4.73. The van der Waals surface area contributed by atoms with Crippen LogP contribution in [0.25, 0.3) is 39.4 Å². The molecule has 3 aromatic carbocycles. The van der Waals surface area contributed by atoms with Crippen molar-refractivity contribution in [3.8, 4) is 34.1 Å². The van der Waals surface area contributed by atoms with Gasteiger partial charge >= 0.3 is 0 Å². The maximum atomic E-state index is 13.3. The van der Waals surface area contributed by atoms with Crippen LogP contribution in [0.4, 0.5) is 0 Å². The number of hydrogen-bond acceptors (Lipinski definition) is 6. The summed E-state index contributed by atoms with van der Waals surface area (Å²) in [6, 6.07) is 27.5. The fourth-order valence-electron chi connectivity index (χ4n) is 4.16. The zero-order chi connectivity index (χ0) is 25.9. The lowest BCUT2D eigenvalue weighted by molar-refractivity contribution is 0.309. The molecule has 38 heavy (non-hydrogen) atoms. The summed E-state index contributed by atoms with van der Waals surface area (Å²) in [6.07, 6.45) is 5.93. The molecule has 0 unspecified atom stereocenters. The molecule has 0 N–H and O–H groups in total. The third-order valence-electron chi connectivity index (χ3n) is 6.16. The van der Waals surface area contributed by atoms with E-state index in [1.807, 2.05) is 102 Å². The lowest BCUT2D eigenvalue weighted by Gasteiger charge is -2.05. The molecule has 0 radical (unpaired) electrons. The SMILES string of the molecule is CCCCOc1ccc(-c2nc3sc(=Cc4cn(-c5ccccc5)nc4-c4ccccc4)c(=O)n3n2)cc1. The first-order chi connectivity index (χ1) is 18.7. The molecular formula is C30H25N5O2S. The smallest absolute Gasteiger partial charge is 0.291 e. The van der Waals surface area contributed by atoms with Crippen molar-refractivity contribution in [1.29, 1.82) is 0 Å². The zero-order valence-corrected chi connectivity index (χ0v) is 21.6. The van der Waals surface area contributed by atoms with E-state index in [9.17, 15) is 4.79 Å². The summed E-state index contributed by atoms with van der Waals surface area (Å²) in [7, 11) is 0. The first kappa shape index (κ1) is 23.8. The Hall–Kier alpha value is -4.56. The number of rotatable bonds is 8. The van der Waals surface area contributed by atoms with Crippen LogP contribution >= 0.6 is 11.3 Å². The van der Waals surface area contributed by atoms with E-state index in [0.29, 0.717) is 21.9 Å². The molecule has 6 rings (SSSR count). The molecule has 0 aliphatic heterocycles. The Bertz CT molecular complexity index is 1790. The van der Waals surface area contributed by atoms with E-state index in [2.05, 4.69) is 17.0 Å². The van der Waals surface area contributed by atoms with Crippen LogP contribution in [0.2, 0.25) is 0 Å². The van der Waals surface area contributed by atoms with Gasteiger partial charge in [0.1, 0.15) is 5.75 Å². The number of benzene rings is 3. The van der Waals surface area contributed by atoms with Gasteiger partial charge in [-0.05, 0) is 48.9 Å². The van der Waals surface area contributed by atoms with Crippen molar-refractivity contribution in [2.45, 2.75) is 19.8 Å². The highest BCUT2D eigenvalue weighted by atomic mass is 32.1. The second kappa shape index (κ2) is 10.4. The first-order valence-corrected chi connectivity index (χ1v) is 13.4. The number of thiazole rings is 1. The first-order valence-electron chi connectivity index (χ1n) is 12.5. The molecule has 6 aromatic rings. The molecule has 8 heteroatoms. The van der Waals surface area contributed by atoms with E-state index in [1.54, 1.807) is 0 Å². The fourth-order valence-corrected chi connectivity index (χ4v) is 5.06. The Balaban J connectivity index is 1.36. The molecule has 0 bridgehead atoms. The number of nitrogens with zero attached hydrogens (tertiary/aromatic N) is 5. The van der Waals surface area contributed by atoms with Gasteiger partial charge in [0.2, 0.25) is 4.96 Å². The lowest BCUT2D eigenvalue weighted by atomic mass is 10.1. The van der Waals surface area contributed by atoms with Gasteiger partial charge in [0, 0.05) is 22.9 Å². The third-order valence-corrected chi connectivity index (χ3v) is 7.12. The van der Waals surface area contributed by atoms with E-state index in [1.165, 1.54) is 15.9 Å². The van der Waals surface area contributed by atoms with E-state index >= 15 is 0 Å². The summed E-state index contributed by atoms with van der Waals surface area (Å²) in [5, 5.41) is 9.35. The average Bonchev–Trinajstić information content (AvgIpc) is 3.65. The van der Waals surface area contributed by atoms with Crippen molar-refractivity contribution in [3.05, 3.63) is 112 Å². The van der Waals surface area contributed by atoms with Gasteiger partial charge in [0.15, 0.2) is 5.82 Å². The number of unbranched alkanes of at least 4 members (excludes halogenated alkanes) is 1. The summed E-state index contributed by atoms with van der Waals surface area (Å²) in [4.78, 5) is 18.5. The van der Waals surface area contributed by atoms with Crippen molar-refractivity contribution >= 4 is 22.4 Å². The van der Waals surface area contributed by atoms with Crippen LogP contribution in [-0.4, -0.2) is 31.0 Å². The van der Waals surface area contributed by atoms with Crippen molar-refractivity contribution < 1.29 is 4.74 Å². The molecule has 3 aromatic heterocycles. The molecular weight excluding hydrogens is 494 g/mol. The number of ether oxygens (including phenoxy) is 1. The number of para-hydroxylation sites is 1. The molecule has 7 nitrogen and oxygen atoms in total.